The monoisotopic (exact) mass is 324 g/mol. The number of aromatic nitrogens is 1. The van der Waals surface area contributed by atoms with E-state index in [0.29, 0.717) is 5.75 Å². The van der Waals surface area contributed by atoms with Gasteiger partial charge in [0.05, 0.1) is 6.04 Å². The Morgan fingerprint density at radius 1 is 0.958 bits per heavy atom. The second-order valence-corrected chi connectivity index (χ2v) is 6.49. The van der Waals surface area contributed by atoms with E-state index < -0.39 is 0 Å². The summed E-state index contributed by atoms with van der Waals surface area (Å²) in [7, 11) is 0. The molecule has 3 aromatic rings. The van der Waals surface area contributed by atoms with Crippen LogP contribution >= 0.6 is 0 Å². The number of phenolic OH excluding ortho intramolecular Hbond substituents is 1. The van der Waals surface area contributed by atoms with Crippen LogP contribution in [-0.4, -0.2) is 28.1 Å². The first-order chi connectivity index (χ1) is 11.7. The second-order valence-electron chi connectivity index (χ2n) is 6.49. The molecule has 0 aliphatic carbocycles. The number of fused-ring (bicyclic) bond motifs is 1. The molecule has 4 rings (SSSR count). The summed E-state index contributed by atoms with van der Waals surface area (Å²) in [6.45, 7) is 1.98. The van der Waals surface area contributed by atoms with E-state index in [-0.39, 0.29) is 11.9 Å². The first-order valence-electron chi connectivity index (χ1n) is 8.52. The Labute approximate surface area is 140 Å². The topological polar surface area (TPSA) is 39.3 Å². The largest absolute Gasteiger partial charge is 0.508 e. The minimum atomic E-state index is -0.236. The smallest absolute Gasteiger partial charge is 0.123 e. The molecule has 1 unspecified atom stereocenters. The molecule has 1 aliphatic rings. The third-order valence-electron chi connectivity index (χ3n) is 4.97. The van der Waals surface area contributed by atoms with Crippen molar-refractivity contribution in [1.29, 1.82) is 0 Å². The van der Waals surface area contributed by atoms with Crippen LogP contribution in [0, 0.1) is 5.82 Å². The van der Waals surface area contributed by atoms with Crippen molar-refractivity contribution in [2.75, 3.05) is 13.1 Å². The summed E-state index contributed by atoms with van der Waals surface area (Å²) < 4.78 is 13.4. The van der Waals surface area contributed by atoms with Crippen LogP contribution < -0.4 is 0 Å². The van der Waals surface area contributed by atoms with Gasteiger partial charge >= 0.3 is 0 Å². The summed E-state index contributed by atoms with van der Waals surface area (Å²) in [5.41, 5.74) is 2.93. The number of hydrogen-bond acceptors (Lipinski definition) is 2. The average Bonchev–Trinajstić information content (AvgIpc) is 3.08. The van der Waals surface area contributed by atoms with Gasteiger partial charge in [0.25, 0.3) is 0 Å². The molecule has 0 spiro atoms. The highest BCUT2D eigenvalue weighted by Gasteiger charge is 2.28. The summed E-state index contributed by atoms with van der Waals surface area (Å²) >= 11 is 0. The highest BCUT2D eigenvalue weighted by atomic mass is 19.1. The van der Waals surface area contributed by atoms with E-state index >= 15 is 0 Å². The molecule has 1 aliphatic heterocycles. The zero-order valence-electron chi connectivity index (χ0n) is 13.5. The van der Waals surface area contributed by atoms with Gasteiger partial charge in [0.15, 0.2) is 0 Å². The lowest BCUT2D eigenvalue weighted by atomic mass is 9.92. The van der Waals surface area contributed by atoms with Gasteiger partial charge in [0.1, 0.15) is 11.6 Å². The molecule has 0 amide bonds. The molecule has 2 heterocycles. The number of H-pyrrole nitrogens is 1. The Hall–Kier alpha value is -2.33. The molecule has 2 aromatic carbocycles. The summed E-state index contributed by atoms with van der Waals surface area (Å²) in [5, 5.41) is 11.7. The number of hydrogen-bond donors (Lipinski definition) is 2. The Balaban J connectivity index is 1.89. The van der Waals surface area contributed by atoms with Gasteiger partial charge < -0.3 is 10.1 Å². The van der Waals surface area contributed by atoms with Gasteiger partial charge in [-0.1, -0.05) is 18.6 Å². The highest BCUT2D eigenvalue weighted by molar-refractivity contribution is 5.86. The van der Waals surface area contributed by atoms with Crippen LogP contribution in [0.4, 0.5) is 4.39 Å². The fraction of sp³-hybridized carbons (Fsp3) is 0.300. The Bertz CT molecular complexity index is 834. The third kappa shape index (κ3) is 2.67. The minimum absolute atomic E-state index is 0.0644. The number of piperidine rings is 1. The number of aromatic hydroxyl groups is 1. The SMILES string of the molecule is Oc1ccc2[nH]ccc2c1C(c1ccc(F)cc1)N1CCCCC1. The van der Waals surface area contributed by atoms with Gasteiger partial charge in [-0.15, -0.1) is 0 Å². The highest BCUT2D eigenvalue weighted by Crippen LogP contribution is 2.40. The summed E-state index contributed by atoms with van der Waals surface area (Å²) in [5.74, 6) is 0.0576. The maximum Gasteiger partial charge on any atom is 0.123 e. The minimum Gasteiger partial charge on any atom is -0.508 e. The lowest BCUT2D eigenvalue weighted by Crippen LogP contribution is -2.34. The lowest BCUT2D eigenvalue weighted by molar-refractivity contribution is 0.186. The molecular formula is C20H21FN2O. The van der Waals surface area contributed by atoms with Crippen molar-refractivity contribution in [2.45, 2.75) is 25.3 Å². The van der Waals surface area contributed by atoms with Crippen molar-refractivity contribution in [2.24, 2.45) is 0 Å². The normalized spacial score (nSPS) is 17.2. The Kier molecular flexibility index (Phi) is 3.98. The quantitative estimate of drug-likeness (QED) is 0.740. The lowest BCUT2D eigenvalue weighted by Gasteiger charge is -2.35. The first kappa shape index (κ1) is 15.2. The van der Waals surface area contributed by atoms with Crippen molar-refractivity contribution in [3.63, 3.8) is 0 Å². The number of likely N-dealkylation sites (tertiary alicyclic amines) is 1. The molecule has 24 heavy (non-hydrogen) atoms. The van der Waals surface area contributed by atoms with Crippen molar-refractivity contribution < 1.29 is 9.50 Å². The zero-order valence-corrected chi connectivity index (χ0v) is 13.5. The number of phenols is 1. The molecule has 3 nitrogen and oxygen atoms in total. The molecule has 2 N–H and O–H groups in total. The predicted molar refractivity (Wildman–Crippen MR) is 93.6 cm³/mol. The van der Waals surface area contributed by atoms with E-state index in [0.717, 1.165) is 48.0 Å². The molecule has 1 atom stereocenters. The second kappa shape index (κ2) is 6.29. The molecule has 4 heteroatoms. The van der Waals surface area contributed by atoms with Gasteiger partial charge in [-0.05, 0) is 61.8 Å². The number of halogens is 1. The van der Waals surface area contributed by atoms with Crippen molar-refractivity contribution >= 4 is 10.9 Å². The molecule has 0 radical (unpaired) electrons. The van der Waals surface area contributed by atoms with Crippen LogP contribution in [0.15, 0.2) is 48.7 Å². The van der Waals surface area contributed by atoms with Crippen molar-refractivity contribution in [1.82, 2.24) is 9.88 Å². The van der Waals surface area contributed by atoms with E-state index in [2.05, 4.69) is 9.88 Å². The van der Waals surface area contributed by atoms with Gasteiger partial charge in [-0.25, -0.2) is 4.39 Å². The summed E-state index contributed by atoms with van der Waals surface area (Å²) in [6, 6.07) is 12.2. The number of nitrogens with zero attached hydrogens (tertiary/aromatic N) is 1. The third-order valence-corrected chi connectivity index (χ3v) is 4.97. The van der Waals surface area contributed by atoms with Crippen LogP contribution in [-0.2, 0) is 0 Å². The fourth-order valence-electron chi connectivity index (χ4n) is 3.81. The first-order valence-corrected chi connectivity index (χ1v) is 8.52. The van der Waals surface area contributed by atoms with E-state index in [1.165, 1.54) is 18.6 Å². The number of benzene rings is 2. The van der Waals surface area contributed by atoms with E-state index in [1.807, 2.05) is 30.5 Å². The molecule has 1 fully saturated rings. The molecule has 1 saturated heterocycles. The molecule has 0 bridgehead atoms. The van der Waals surface area contributed by atoms with Crippen LogP contribution in [0.5, 0.6) is 5.75 Å². The van der Waals surface area contributed by atoms with Gasteiger partial charge in [-0.3, -0.25) is 4.90 Å². The van der Waals surface area contributed by atoms with Crippen molar-refractivity contribution in [3.05, 3.63) is 65.6 Å². The van der Waals surface area contributed by atoms with Crippen LogP contribution in [0.3, 0.4) is 0 Å². The molecule has 124 valence electrons. The van der Waals surface area contributed by atoms with E-state index in [4.69, 9.17) is 0 Å². The average molecular weight is 324 g/mol. The number of aromatic amines is 1. The van der Waals surface area contributed by atoms with Gasteiger partial charge in [0.2, 0.25) is 0 Å². The number of rotatable bonds is 3. The summed E-state index contributed by atoms with van der Waals surface area (Å²) in [6.07, 6.45) is 5.45. The molecule has 1 aromatic heterocycles. The van der Waals surface area contributed by atoms with E-state index in [9.17, 15) is 9.50 Å². The van der Waals surface area contributed by atoms with Crippen LogP contribution in [0.25, 0.3) is 10.9 Å². The molecular weight excluding hydrogens is 303 g/mol. The van der Waals surface area contributed by atoms with Crippen molar-refractivity contribution in [3.8, 4) is 5.75 Å². The van der Waals surface area contributed by atoms with Gasteiger partial charge in [-0.2, -0.15) is 0 Å². The zero-order chi connectivity index (χ0) is 16.5. The fourth-order valence-corrected chi connectivity index (χ4v) is 3.81. The molecule has 0 saturated carbocycles. The maximum atomic E-state index is 13.4. The Morgan fingerprint density at radius 2 is 1.71 bits per heavy atom. The van der Waals surface area contributed by atoms with E-state index in [1.54, 1.807) is 6.07 Å². The maximum absolute atomic E-state index is 13.4. The summed E-state index contributed by atoms with van der Waals surface area (Å²) in [4.78, 5) is 5.62. The van der Waals surface area contributed by atoms with Gasteiger partial charge in [0, 0.05) is 22.7 Å². The standard InChI is InChI=1S/C20H21FN2O/c21-15-6-4-14(5-7-15)20(23-12-2-1-3-13-23)19-16-10-11-22-17(16)8-9-18(19)24/h4-11,20,22,24H,1-3,12-13H2. The predicted octanol–water partition coefficient (Wildman–Crippen LogP) is 4.59. The van der Waals surface area contributed by atoms with Crippen LogP contribution in [0.2, 0.25) is 0 Å². The number of nitrogens with one attached hydrogen (secondary N) is 1. The van der Waals surface area contributed by atoms with Crippen LogP contribution in [0.1, 0.15) is 36.4 Å². The Morgan fingerprint density at radius 3 is 2.46 bits per heavy atom.